The summed E-state index contributed by atoms with van der Waals surface area (Å²) in [6, 6.07) is 2.28. The van der Waals surface area contributed by atoms with Crippen LogP contribution in [0.2, 0.25) is 0 Å². The molecule has 16 heavy (non-hydrogen) atoms. The first kappa shape index (κ1) is 11.5. The number of rotatable bonds is 2. The van der Waals surface area contributed by atoms with Gasteiger partial charge in [-0.15, -0.1) is 0 Å². The van der Waals surface area contributed by atoms with E-state index in [1.165, 1.54) is 12.2 Å². The highest BCUT2D eigenvalue weighted by atomic mass is 32.2. The molecule has 0 amide bonds. The van der Waals surface area contributed by atoms with Crippen LogP contribution in [0.3, 0.4) is 0 Å². The minimum atomic E-state index is 0.502. The van der Waals surface area contributed by atoms with Crippen molar-refractivity contribution in [3.8, 4) is 5.88 Å². The van der Waals surface area contributed by atoms with E-state index in [-0.39, 0.29) is 0 Å². The fourth-order valence-corrected chi connectivity index (χ4v) is 2.81. The van der Waals surface area contributed by atoms with Gasteiger partial charge < -0.3 is 9.64 Å². The molecule has 1 aromatic heterocycles. The zero-order chi connectivity index (χ0) is 11.4. The van der Waals surface area contributed by atoms with Gasteiger partial charge in [-0.2, -0.15) is 16.7 Å². The Kier molecular flexibility index (Phi) is 3.88. The molecule has 0 radical (unpaired) electrons. The quantitative estimate of drug-likeness (QED) is 0.787. The molecule has 1 aliphatic heterocycles. The number of nitrogens with zero attached hydrogens (tertiary/aromatic N) is 3. The van der Waals surface area contributed by atoms with Gasteiger partial charge in [-0.1, -0.05) is 0 Å². The molecule has 4 nitrogen and oxygen atoms in total. The monoisotopic (exact) mass is 239 g/mol. The van der Waals surface area contributed by atoms with Crippen molar-refractivity contribution in [1.29, 1.82) is 0 Å². The van der Waals surface area contributed by atoms with Crippen molar-refractivity contribution in [1.82, 2.24) is 9.97 Å². The van der Waals surface area contributed by atoms with Crippen LogP contribution in [0.1, 0.15) is 13.3 Å². The van der Waals surface area contributed by atoms with Crippen molar-refractivity contribution in [2.45, 2.75) is 19.4 Å². The van der Waals surface area contributed by atoms with Crippen LogP contribution < -0.4 is 9.64 Å². The number of anilines is 1. The summed E-state index contributed by atoms with van der Waals surface area (Å²) in [6.45, 7) is 3.24. The summed E-state index contributed by atoms with van der Waals surface area (Å²) < 4.78 is 5.13. The molecule has 2 heterocycles. The average Bonchev–Trinajstić information content (AvgIpc) is 2.54. The van der Waals surface area contributed by atoms with Gasteiger partial charge in [0.1, 0.15) is 0 Å². The van der Waals surface area contributed by atoms with Crippen LogP contribution in [0.15, 0.2) is 12.3 Å². The van der Waals surface area contributed by atoms with Gasteiger partial charge in [-0.05, 0) is 19.1 Å². The van der Waals surface area contributed by atoms with Crippen molar-refractivity contribution >= 4 is 17.7 Å². The van der Waals surface area contributed by atoms with Crippen molar-refractivity contribution < 1.29 is 4.74 Å². The van der Waals surface area contributed by atoms with Crippen LogP contribution in [0.25, 0.3) is 0 Å². The van der Waals surface area contributed by atoms with Crippen LogP contribution in [0.5, 0.6) is 5.88 Å². The van der Waals surface area contributed by atoms with E-state index in [9.17, 15) is 0 Å². The molecule has 0 N–H and O–H groups in total. The van der Waals surface area contributed by atoms with E-state index in [2.05, 4.69) is 21.8 Å². The fourth-order valence-electron chi connectivity index (χ4n) is 1.78. The van der Waals surface area contributed by atoms with Crippen molar-refractivity contribution in [3.63, 3.8) is 0 Å². The summed E-state index contributed by atoms with van der Waals surface area (Å²) in [4.78, 5) is 11.0. The van der Waals surface area contributed by atoms with Crippen molar-refractivity contribution in [3.05, 3.63) is 12.3 Å². The number of aromatic nitrogens is 2. The van der Waals surface area contributed by atoms with Crippen LogP contribution in [0, 0.1) is 0 Å². The second-order valence-corrected chi connectivity index (χ2v) is 5.07. The summed E-state index contributed by atoms with van der Waals surface area (Å²) in [5.74, 6) is 3.79. The predicted octanol–water partition coefficient (Wildman–Crippen LogP) is 1.82. The molecule has 5 heteroatoms. The second kappa shape index (κ2) is 5.39. The molecule has 1 unspecified atom stereocenters. The van der Waals surface area contributed by atoms with Crippen LogP contribution >= 0.6 is 11.8 Å². The molecule has 0 aliphatic carbocycles. The molecule has 88 valence electrons. The Hall–Kier alpha value is -0.970. The third kappa shape index (κ3) is 2.58. The summed E-state index contributed by atoms with van der Waals surface area (Å²) in [5.41, 5.74) is 0. The number of thioether (sulfide) groups is 1. The summed E-state index contributed by atoms with van der Waals surface area (Å²) in [6.07, 6.45) is 2.94. The summed E-state index contributed by atoms with van der Waals surface area (Å²) in [7, 11) is 1.63. The van der Waals surface area contributed by atoms with Gasteiger partial charge in [-0.3, -0.25) is 0 Å². The van der Waals surface area contributed by atoms with Crippen molar-refractivity contribution in [2.24, 2.45) is 0 Å². The lowest BCUT2D eigenvalue weighted by molar-refractivity contribution is 0.396. The average molecular weight is 239 g/mol. The topological polar surface area (TPSA) is 38.2 Å². The standard InChI is InChI=1S/C11H17N3OS/c1-9-4-7-16-8-6-14(9)11-12-5-3-10(13-11)15-2/h3,5,9H,4,6-8H2,1-2H3. The molecular formula is C11H17N3OS. The van der Waals surface area contributed by atoms with Crippen LogP contribution in [-0.2, 0) is 0 Å². The van der Waals surface area contributed by atoms with Gasteiger partial charge in [0.2, 0.25) is 11.8 Å². The largest absolute Gasteiger partial charge is 0.481 e. The van der Waals surface area contributed by atoms with E-state index in [0.717, 1.165) is 18.2 Å². The molecular weight excluding hydrogens is 222 g/mol. The fraction of sp³-hybridized carbons (Fsp3) is 0.636. The number of hydrogen-bond acceptors (Lipinski definition) is 5. The Labute approximate surface area is 100 Å². The summed E-state index contributed by atoms with van der Waals surface area (Å²) in [5, 5.41) is 0. The predicted molar refractivity (Wildman–Crippen MR) is 67.3 cm³/mol. The maximum absolute atomic E-state index is 5.13. The highest BCUT2D eigenvalue weighted by molar-refractivity contribution is 7.99. The maximum Gasteiger partial charge on any atom is 0.228 e. The van der Waals surface area contributed by atoms with Crippen molar-refractivity contribution in [2.75, 3.05) is 30.1 Å². The molecule has 0 saturated carbocycles. The minimum absolute atomic E-state index is 0.502. The van der Waals surface area contributed by atoms with Crippen LogP contribution in [0.4, 0.5) is 5.95 Å². The van der Waals surface area contributed by atoms with Gasteiger partial charge in [0.25, 0.3) is 0 Å². The van der Waals surface area contributed by atoms with Gasteiger partial charge in [-0.25, -0.2) is 4.98 Å². The maximum atomic E-state index is 5.13. The third-order valence-electron chi connectivity index (χ3n) is 2.77. The van der Waals surface area contributed by atoms with E-state index in [1.807, 2.05) is 11.8 Å². The first-order valence-electron chi connectivity index (χ1n) is 5.52. The van der Waals surface area contributed by atoms with E-state index >= 15 is 0 Å². The molecule has 1 atom stereocenters. The Bertz CT molecular complexity index is 348. The molecule has 0 aromatic carbocycles. The molecule has 2 rings (SSSR count). The molecule has 1 aliphatic rings. The van der Waals surface area contributed by atoms with E-state index < -0.39 is 0 Å². The van der Waals surface area contributed by atoms with Crippen LogP contribution in [-0.4, -0.2) is 41.2 Å². The lowest BCUT2D eigenvalue weighted by atomic mass is 10.2. The first-order valence-corrected chi connectivity index (χ1v) is 6.68. The highest BCUT2D eigenvalue weighted by Crippen LogP contribution is 2.21. The number of ether oxygens (including phenoxy) is 1. The van der Waals surface area contributed by atoms with Gasteiger partial charge >= 0.3 is 0 Å². The second-order valence-electron chi connectivity index (χ2n) is 3.84. The third-order valence-corrected chi connectivity index (χ3v) is 3.77. The number of hydrogen-bond donors (Lipinski definition) is 0. The van der Waals surface area contributed by atoms with Gasteiger partial charge in [0.05, 0.1) is 7.11 Å². The Morgan fingerprint density at radius 1 is 1.50 bits per heavy atom. The zero-order valence-electron chi connectivity index (χ0n) is 9.72. The summed E-state index contributed by atoms with van der Waals surface area (Å²) >= 11 is 2.00. The minimum Gasteiger partial charge on any atom is -0.481 e. The van der Waals surface area contributed by atoms with E-state index in [4.69, 9.17) is 4.74 Å². The zero-order valence-corrected chi connectivity index (χ0v) is 10.5. The molecule has 0 spiro atoms. The normalized spacial score (nSPS) is 21.6. The first-order chi connectivity index (χ1) is 7.81. The lowest BCUT2D eigenvalue weighted by Crippen LogP contribution is -2.35. The lowest BCUT2D eigenvalue weighted by Gasteiger charge is -2.26. The Morgan fingerprint density at radius 2 is 2.38 bits per heavy atom. The molecule has 1 fully saturated rings. The van der Waals surface area contributed by atoms with Gasteiger partial charge in [0, 0.05) is 30.6 Å². The van der Waals surface area contributed by atoms with E-state index in [0.29, 0.717) is 11.9 Å². The molecule has 0 bridgehead atoms. The Morgan fingerprint density at radius 3 is 3.19 bits per heavy atom. The smallest absolute Gasteiger partial charge is 0.228 e. The number of methoxy groups -OCH3 is 1. The highest BCUT2D eigenvalue weighted by Gasteiger charge is 2.19. The van der Waals surface area contributed by atoms with Gasteiger partial charge in [0.15, 0.2) is 0 Å². The SMILES string of the molecule is COc1ccnc(N2CCSCCC2C)n1. The molecule has 1 aromatic rings. The molecule has 1 saturated heterocycles. The Balaban J connectivity index is 2.19. The van der Waals surface area contributed by atoms with E-state index in [1.54, 1.807) is 19.4 Å².